The lowest BCUT2D eigenvalue weighted by Gasteiger charge is -2.06. The van der Waals surface area contributed by atoms with Gasteiger partial charge in [-0.25, -0.2) is 0 Å². The van der Waals surface area contributed by atoms with Gasteiger partial charge in [-0.05, 0) is 28.9 Å². The van der Waals surface area contributed by atoms with Gasteiger partial charge in [0.1, 0.15) is 0 Å². The maximum atomic E-state index is 11.1. The molecule has 0 bridgehead atoms. The van der Waals surface area contributed by atoms with Crippen LogP contribution < -0.4 is 0 Å². The fraction of sp³-hybridized carbons (Fsp3) is 0.0667. The smallest absolute Gasteiger partial charge is 0.221 e. The molecule has 0 unspecified atom stereocenters. The van der Waals surface area contributed by atoms with E-state index in [0.717, 1.165) is 15.6 Å². The highest BCUT2D eigenvalue weighted by Crippen LogP contribution is 2.39. The third-order valence-corrected chi connectivity index (χ3v) is 3.74. The SMILES string of the molecule is O=Nc1c(O)c2cc(Br)ccc2n1Cc1ccccc1. The van der Waals surface area contributed by atoms with E-state index in [4.69, 9.17) is 0 Å². The molecule has 0 aliphatic heterocycles. The predicted octanol–water partition coefficient (Wildman–Crippen LogP) is 4.56. The number of fused-ring (bicyclic) bond motifs is 1. The Hall–Kier alpha value is -2.14. The molecule has 1 N–H and O–H groups in total. The van der Waals surface area contributed by atoms with Gasteiger partial charge in [0, 0.05) is 16.4 Å². The van der Waals surface area contributed by atoms with Gasteiger partial charge in [-0.3, -0.25) is 0 Å². The first-order chi connectivity index (χ1) is 9.70. The van der Waals surface area contributed by atoms with Gasteiger partial charge in [0.25, 0.3) is 0 Å². The highest BCUT2D eigenvalue weighted by molar-refractivity contribution is 9.10. The largest absolute Gasteiger partial charge is 0.504 e. The number of aromatic hydroxyl groups is 1. The quantitative estimate of drug-likeness (QED) is 0.716. The molecule has 1 heterocycles. The van der Waals surface area contributed by atoms with Crippen molar-refractivity contribution in [1.29, 1.82) is 0 Å². The summed E-state index contributed by atoms with van der Waals surface area (Å²) in [6.07, 6.45) is 0. The Morgan fingerprint density at radius 2 is 1.90 bits per heavy atom. The molecule has 100 valence electrons. The van der Waals surface area contributed by atoms with E-state index in [1.807, 2.05) is 42.5 Å². The molecule has 5 heteroatoms. The topological polar surface area (TPSA) is 54.6 Å². The van der Waals surface area contributed by atoms with Crippen LogP contribution in [0.2, 0.25) is 0 Å². The molecule has 2 aromatic carbocycles. The summed E-state index contributed by atoms with van der Waals surface area (Å²) in [5.41, 5.74) is 1.82. The molecule has 0 radical (unpaired) electrons. The number of aromatic nitrogens is 1. The van der Waals surface area contributed by atoms with Crippen LogP contribution in [0.25, 0.3) is 10.9 Å². The van der Waals surface area contributed by atoms with Crippen molar-refractivity contribution in [2.45, 2.75) is 6.54 Å². The first-order valence-corrected chi connectivity index (χ1v) is 6.88. The number of rotatable bonds is 3. The second-order valence-corrected chi connectivity index (χ2v) is 5.41. The number of hydrogen-bond acceptors (Lipinski definition) is 3. The Kier molecular flexibility index (Phi) is 3.28. The van der Waals surface area contributed by atoms with E-state index in [9.17, 15) is 10.0 Å². The van der Waals surface area contributed by atoms with Gasteiger partial charge in [-0.15, -0.1) is 4.91 Å². The van der Waals surface area contributed by atoms with Crippen molar-refractivity contribution in [2.75, 3.05) is 0 Å². The van der Waals surface area contributed by atoms with Crippen LogP contribution >= 0.6 is 15.9 Å². The van der Waals surface area contributed by atoms with E-state index in [2.05, 4.69) is 21.1 Å². The number of nitroso groups, excluding NO2 is 1. The van der Waals surface area contributed by atoms with E-state index in [1.54, 1.807) is 10.6 Å². The summed E-state index contributed by atoms with van der Waals surface area (Å²) in [5, 5.41) is 13.7. The van der Waals surface area contributed by atoms with Gasteiger partial charge < -0.3 is 9.67 Å². The molecule has 0 aliphatic rings. The number of benzene rings is 2. The maximum Gasteiger partial charge on any atom is 0.221 e. The van der Waals surface area contributed by atoms with Crippen LogP contribution in [0.1, 0.15) is 5.56 Å². The molecule has 20 heavy (non-hydrogen) atoms. The van der Waals surface area contributed by atoms with Crippen molar-refractivity contribution in [3.8, 4) is 5.75 Å². The fourth-order valence-electron chi connectivity index (χ4n) is 2.31. The second-order valence-electron chi connectivity index (χ2n) is 4.50. The van der Waals surface area contributed by atoms with Gasteiger partial charge in [0.15, 0.2) is 5.75 Å². The minimum Gasteiger partial charge on any atom is -0.504 e. The van der Waals surface area contributed by atoms with Crippen molar-refractivity contribution >= 4 is 32.7 Å². The van der Waals surface area contributed by atoms with Crippen LogP contribution in [0.3, 0.4) is 0 Å². The molecular weight excluding hydrogens is 320 g/mol. The molecule has 3 rings (SSSR count). The van der Waals surface area contributed by atoms with Crippen molar-refractivity contribution in [3.05, 3.63) is 63.5 Å². The van der Waals surface area contributed by atoms with E-state index in [0.29, 0.717) is 11.9 Å². The average Bonchev–Trinajstić information content (AvgIpc) is 2.72. The molecule has 4 nitrogen and oxygen atoms in total. The van der Waals surface area contributed by atoms with Gasteiger partial charge in [0.2, 0.25) is 5.82 Å². The van der Waals surface area contributed by atoms with Gasteiger partial charge in [-0.1, -0.05) is 46.3 Å². The van der Waals surface area contributed by atoms with Crippen LogP contribution in [-0.2, 0) is 6.54 Å². The zero-order valence-corrected chi connectivity index (χ0v) is 12.0. The lowest BCUT2D eigenvalue weighted by atomic mass is 10.2. The van der Waals surface area contributed by atoms with Crippen LogP contribution in [-0.4, -0.2) is 9.67 Å². The highest BCUT2D eigenvalue weighted by atomic mass is 79.9. The average molecular weight is 331 g/mol. The highest BCUT2D eigenvalue weighted by Gasteiger charge is 2.17. The Morgan fingerprint density at radius 3 is 2.60 bits per heavy atom. The van der Waals surface area contributed by atoms with Crippen LogP contribution in [0.5, 0.6) is 5.75 Å². The molecule has 3 aromatic rings. The summed E-state index contributed by atoms with van der Waals surface area (Å²) in [7, 11) is 0. The van der Waals surface area contributed by atoms with E-state index < -0.39 is 0 Å². The van der Waals surface area contributed by atoms with Crippen LogP contribution in [0.15, 0.2) is 58.2 Å². The molecule has 0 saturated carbocycles. The summed E-state index contributed by atoms with van der Waals surface area (Å²) in [6.45, 7) is 0.487. The van der Waals surface area contributed by atoms with E-state index >= 15 is 0 Å². The van der Waals surface area contributed by atoms with Crippen molar-refractivity contribution in [1.82, 2.24) is 4.57 Å². The number of hydrogen-bond donors (Lipinski definition) is 1. The maximum absolute atomic E-state index is 11.1. The van der Waals surface area contributed by atoms with Crippen LogP contribution in [0.4, 0.5) is 5.82 Å². The molecule has 0 saturated heterocycles. The van der Waals surface area contributed by atoms with E-state index in [-0.39, 0.29) is 11.6 Å². The minimum absolute atomic E-state index is 0.0574. The summed E-state index contributed by atoms with van der Waals surface area (Å²) >= 11 is 3.36. The first kappa shape index (κ1) is 12.9. The summed E-state index contributed by atoms with van der Waals surface area (Å²) in [5.74, 6) is -0.0193. The van der Waals surface area contributed by atoms with Gasteiger partial charge in [-0.2, -0.15) is 0 Å². The molecule has 0 fully saturated rings. The Labute approximate surface area is 123 Å². The normalized spacial score (nSPS) is 10.8. The monoisotopic (exact) mass is 330 g/mol. The second kappa shape index (κ2) is 5.09. The summed E-state index contributed by atoms with van der Waals surface area (Å²) in [6, 6.07) is 15.3. The molecule has 0 amide bonds. The van der Waals surface area contributed by atoms with Crippen molar-refractivity contribution in [3.63, 3.8) is 0 Å². The molecule has 0 aliphatic carbocycles. The molecule has 1 aromatic heterocycles. The Bertz CT molecular complexity index is 781. The lowest BCUT2D eigenvalue weighted by Crippen LogP contribution is -1.98. The molecular formula is C15H11BrN2O2. The van der Waals surface area contributed by atoms with Gasteiger partial charge >= 0.3 is 0 Å². The minimum atomic E-state index is -0.0766. The Balaban J connectivity index is 2.21. The number of nitrogens with zero attached hydrogens (tertiary/aromatic N) is 2. The summed E-state index contributed by atoms with van der Waals surface area (Å²) < 4.78 is 2.56. The summed E-state index contributed by atoms with van der Waals surface area (Å²) in [4.78, 5) is 11.1. The zero-order chi connectivity index (χ0) is 14.1. The molecule has 0 spiro atoms. The van der Waals surface area contributed by atoms with Crippen molar-refractivity contribution in [2.24, 2.45) is 5.18 Å². The molecule has 0 atom stereocenters. The van der Waals surface area contributed by atoms with Crippen molar-refractivity contribution < 1.29 is 5.11 Å². The third-order valence-electron chi connectivity index (χ3n) is 3.24. The Morgan fingerprint density at radius 1 is 1.15 bits per heavy atom. The first-order valence-electron chi connectivity index (χ1n) is 6.08. The fourth-order valence-corrected chi connectivity index (χ4v) is 2.68. The number of halogens is 1. The van der Waals surface area contributed by atoms with E-state index in [1.165, 1.54) is 0 Å². The van der Waals surface area contributed by atoms with Gasteiger partial charge in [0.05, 0.1) is 5.52 Å². The lowest BCUT2D eigenvalue weighted by molar-refractivity contribution is 0.481. The zero-order valence-electron chi connectivity index (χ0n) is 10.5. The third kappa shape index (κ3) is 2.10. The standard InChI is InChI=1S/C15H11BrN2O2/c16-11-6-7-13-12(8-11)14(19)15(17-20)18(13)9-10-4-2-1-3-5-10/h1-8,19H,9H2. The van der Waals surface area contributed by atoms with Crippen LogP contribution in [0, 0.1) is 4.91 Å². The predicted molar refractivity (Wildman–Crippen MR) is 82.3 cm³/mol.